The van der Waals surface area contributed by atoms with Gasteiger partial charge in [-0.05, 0) is 32.6 Å². The molecule has 5 heteroatoms. The van der Waals surface area contributed by atoms with Gasteiger partial charge in [0.25, 0.3) is 0 Å². The van der Waals surface area contributed by atoms with E-state index in [4.69, 9.17) is 5.11 Å². The molecule has 0 radical (unpaired) electrons. The summed E-state index contributed by atoms with van der Waals surface area (Å²) in [7, 11) is 0. The van der Waals surface area contributed by atoms with Crippen LogP contribution in [0.1, 0.15) is 85.0 Å². The Morgan fingerprint density at radius 3 is 2.63 bits per heavy atom. The summed E-state index contributed by atoms with van der Waals surface area (Å²) in [6.45, 7) is 5.65. The third-order valence-electron chi connectivity index (χ3n) is 5.79. The number of Topliss-reactive ketones (excluding diaryl/α,β-unsaturated/α-hetero) is 1. The summed E-state index contributed by atoms with van der Waals surface area (Å²) in [5, 5.41) is 29.5. The number of aliphatic hydroxyl groups excluding tert-OH is 1. The molecule has 2 unspecified atom stereocenters. The number of hydrogen-bond acceptors (Lipinski definition) is 4. The van der Waals surface area contributed by atoms with Crippen LogP contribution in [-0.4, -0.2) is 38.8 Å². The summed E-state index contributed by atoms with van der Waals surface area (Å²) in [6.07, 6.45) is 10.7. The number of ketones is 1. The predicted octanol–water partition coefficient (Wildman–Crippen LogP) is 4.11. The Balaban J connectivity index is 2.46. The zero-order chi connectivity index (χ0) is 20.4. The predicted molar refractivity (Wildman–Crippen MR) is 106 cm³/mol. The second kappa shape index (κ2) is 11.6. The van der Waals surface area contributed by atoms with Gasteiger partial charge < -0.3 is 15.3 Å². The fourth-order valence-electron chi connectivity index (χ4n) is 3.85. The number of aliphatic carboxylic acids is 1. The average molecular weight is 383 g/mol. The number of carbonyl (C=O) groups is 2. The highest BCUT2D eigenvalue weighted by Gasteiger charge is 2.39. The second-order valence-corrected chi connectivity index (χ2v) is 8.53. The minimum absolute atomic E-state index is 0.119. The van der Waals surface area contributed by atoms with Crippen LogP contribution in [-0.2, 0) is 9.59 Å². The van der Waals surface area contributed by atoms with E-state index in [2.05, 4.69) is 6.92 Å². The van der Waals surface area contributed by atoms with Crippen molar-refractivity contribution in [1.29, 1.82) is 0 Å². The van der Waals surface area contributed by atoms with Gasteiger partial charge in [0.15, 0.2) is 0 Å². The molecule has 0 amide bonds. The van der Waals surface area contributed by atoms with Crippen LogP contribution in [0.5, 0.6) is 0 Å². The molecule has 0 saturated heterocycles. The zero-order valence-corrected chi connectivity index (χ0v) is 17.2. The molecule has 0 spiro atoms. The number of carboxylic acid groups (broad SMARTS) is 1. The van der Waals surface area contributed by atoms with E-state index in [0.717, 1.165) is 44.9 Å². The fraction of sp³-hybridized carbons (Fsp3) is 0.818. The Bertz CT molecular complexity index is 497. The fourth-order valence-corrected chi connectivity index (χ4v) is 3.85. The molecule has 0 aromatic rings. The van der Waals surface area contributed by atoms with Crippen molar-refractivity contribution in [3.63, 3.8) is 0 Å². The molecule has 5 atom stereocenters. The van der Waals surface area contributed by atoms with Crippen molar-refractivity contribution in [2.24, 2.45) is 17.8 Å². The van der Waals surface area contributed by atoms with E-state index in [1.165, 1.54) is 0 Å². The molecule has 1 saturated carbocycles. The summed E-state index contributed by atoms with van der Waals surface area (Å²) in [5.74, 6) is -1.29. The highest BCUT2D eigenvalue weighted by molar-refractivity contribution is 5.84. The standard InChI is InChI=1S/C22H38O5/c1-4-5-13-22(3,27)14-9-12-18-17(19(23)15-20(18)24)11-8-6-7-10-16(2)21(25)26/h9,12,16-18,20,24,27H,4-8,10-11,13-15H2,1-3H3,(H,25,26)/b12-9+/t16?,17-,18+,20-,22?/m1/s1. The first-order chi connectivity index (χ1) is 12.7. The van der Waals surface area contributed by atoms with Gasteiger partial charge in [-0.15, -0.1) is 0 Å². The van der Waals surface area contributed by atoms with Gasteiger partial charge in [0, 0.05) is 18.3 Å². The molecular formula is C22H38O5. The molecule has 1 fully saturated rings. The summed E-state index contributed by atoms with van der Waals surface area (Å²) in [6, 6.07) is 0. The Morgan fingerprint density at radius 1 is 1.30 bits per heavy atom. The molecule has 0 aliphatic heterocycles. The second-order valence-electron chi connectivity index (χ2n) is 8.53. The van der Waals surface area contributed by atoms with Gasteiger partial charge in [0.1, 0.15) is 5.78 Å². The molecular weight excluding hydrogens is 344 g/mol. The molecule has 0 aromatic carbocycles. The molecule has 0 heterocycles. The Hall–Kier alpha value is -1.20. The van der Waals surface area contributed by atoms with Crippen molar-refractivity contribution in [2.75, 3.05) is 0 Å². The minimum Gasteiger partial charge on any atom is -0.481 e. The lowest BCUT2D eigenvalue weighted by atomic mass is 9.87. The first-order valence-electron chi connectivity index (χ1n) is 10.5. The van der Waals surface area contributed by atoms with Gasteiger partial charge in [0.05, 0.1) is 17.6 Å². The molecule has 1 aliphatic rings. The first-order valence-corrected chi connectivity index (χ1v) is 10.5. The van der Waals surface area contributed by atoms with Gasteiger partial charge in [-0.1, -0.05) is 58.1 Å². The van der Waals surface area contributed by atoms with Crippen LogP contribution in [0.3, 0.4) is 0 Å². The van der Waals surface area contributed by atoms with E-state index >= 15 is 0 Å². The Labute approximate surface area is 163 Å². The lowest BCUT2D eigenvalue weighted by Gasteiger charge is -2.22. The molecule has 1 aliphatic carbocycles. The average Bonchev–Trinajstić information content (AvgIpc) is 2.86. The summed E-state index contributed by atoms with van der Waals surface area (Å²) in [5.41, 5.74) is -0.740. The largest absolute Gasteiger partial charge is 0.481 e. The number of carbonyl (C=O) groups excluding carboxylic acids is 1. The summed E-state index contributed by atoms with van der Waals surface area (Å²) >= 11 is 0. The van der Waals surface area contributed by atoms with E-state index in [-0.39, 0.29) is 30.0 Å². The molecule has 156 valence electrons. The Morgan fingerprint density at radius 2 is 2.00 bits per heavy atom. The van der Waals surface area contributed by atoms with Gasteiger partial charge in [-0.2, -0.15) is 0 Å². The highest BCUT2D eigenvalue weighted by Crippen LogP contribution is 2.34. The smallest absolute Gasteiger partial charge is 0.306 e. The molecule has 0 bridgehead atoms. The maximum atomic E-state index is 12.2. The third-order valence-corrected chi connectivity index (χ3v) is 5.79. The lowest BCUT2D eigenvalue weighted by molar-refractivity contribution is -0.141. The number of aliphatic hydroxyl groups is 2. The highest BCUT2D eigenvalue weighted by atomic mass is 16.4. The van der Waals surface area contributed by atoms with Crippen molar-refractivity contribution in [3.05, 3.63) is 12.2 Å². The minimum atomic E-state index is -0.760. The summed E-state index contributed by atoms with van der Waals surface area (Å²) < 4.78 is 0. The number of carboxylic acids is 1. The quantitative estimate of drug-likeness (QED) is 0.329. The third kappa shape index (κ3) is 8.56. The van der Waals surface area contributed by atoms with Crippen LogP contribution < -0.4 is 0 Å². The van der Waals surface area contributed by atoms with Crippen LogP contribution in [0.25, 0.3) is 0 Å². The maximum absolute atomic E-state index is 12.2. The van der Waals surface area contributed by atoms with Crippen molar-refractivity contribution in [3.8, 4) is 0 Å². The van der Waals surface area contributed by atoms with Crippen LogP contribution >= 0.6 is 0 Å². The van der Waals surface area contributed by atoms with Gasteiger partial charge in [-0.3, -0.25) is 9.59 Å². The number of unbranched alkanes of at least 4 members (excludes halogenated alkanes) is 3. The van der Waals surface area contributed by atoms with Crippen LogP contribution in [0.15, 0.2) is 12.2 Å². The van der Waals surface area contributed by atoms with Gasteiger partial charge >= 0.3 is 5.97 Å². The zero-order valence-electron chi connectivity index (χ0n) is 17.2. The summed E-state index contributed by atoms with van der Waals surface area (Å²) in [4.78, 5) is 23.1. The molecule has 27 heavy (non-hydrogen) atoms. The molecule has 1 rings (SSSR count). The molecule has 0 aromatic heterocycles. The van der Waals surface area contributed by atoms with Crippen LogP contribution in [0.4, 0.5) is 0 Å². The number of rotatable bonds is 13. The van der Waals surface area contributed by atoms with Crippen molar-refractivity contribution in [2.45, 2.75) is 96.7 Å². The number of hydrogen-bond donors (Lipinski definition) is 3. The van der Waals surface area contributed by atoms with E-state index in [9.17, 15) is 19.8 Å². The van der Waals surface area contributed by atoms with Crippen LogP contribution in [0.2, 0.25) is 0 Å². The van der Waals surface area contributed by atoms with Crippen LogP contribution in [0, 0.1) is 17.8 Å². The van der Waals surface area contributed by atoms with E-state index in [0.29, 0.717) is 12.8 Å². The maximum Gasteiger partial charge on any atom is 0.306 e. The normalized spacial score (nSPS) is 26.4. The molecule has 5 nitrogen and oxygen atoms in total. The van der Waals surface area contributed by atoms with Crippen molar-refractivity contribution >= 4 is 11.8 Å². The van der Waals surface area contributed by atoms with Crippen molar-refractivity contribution < 1.29 is 24.9 Å². The first kappa shape index (κ1) is 23.8. The van der Waals surface area contributed by atoms with E-state index in [1.54, 1.807) is 6.92 Å². The van der Waals surface area contributed by atoms with Crippen molar-refractivity contribution in [1.82, 2.24) is 0 Å². The van der Waals surface area contributed by atoms with Gasteiger partial charge in [0.2, 0.25) is 0 Å². The van der Waals surface area contributed by atoms with E-state index in [1.807, 2.05) is 19.1 Å². The Kier molecular flexibility index (Phi) is 10.2. The monoisotopic (exact) mass is 382 g/mol. The van der Waals surface area contributed by atoms with Gasteiger partial charge in [-0.25, -0.2) is 0 Å². The molecule has 3 N–H and O–H groups in total. The van der Waals surface area contributed by atoms with E-state index < -0.39 is 17.7 Å². The SMILES string of the molecule is CCCCC(C)(O)C/C=C/[C@@H]1[C@H](O)CC(=O)[C@@H]1CCCCCC(C)C(=O)O. The lowest BCUT2D eigenvalue weighted by Crippen LogP contribution is -2.23. The topological polar surface area (TPSA) is 94.8 Å².